The Hall–Kier alpha value is -1.18. The molecule has 6 nitrogen and oxygen atoms in total. The summed E-state index contributed by atoms with van der Waals surface area (Å²) in [6.45, 7) is 1.000. The van der Waals surface area contributed by atoms with Crippen LogP contribution in [-0.4, -0.2) is 39.7 Å². The molecule has 1 saturated heterocycles. The highest BCUT2D eigenvalue weighted by Gasteiger charge is 2.22. The Morgan fingerprint density at radius 1 is 1.47 bits per heavy atom. The first kappa shape index (κ1) is 14.2. The smallest absolute Gasteiger partial charge is 0.260 e. The fourth-order valence-corrected chi connectivity index (χ4v) is 3.24. The number of hydrogen-bond donors (Lipinski definition) is 2. The molecule has 0 radical (unpaired) electrons. The van der Waals surface area contributed by atoms with Crippen molar-refractivity contribution in [2.75, 3.05) is 25.5 Å². The number of pyridine rings is 1. The van der Waals surface area contributed by atoms with E-state index >= 15 is 0 Å². The first-order valence-corrected chi connectivity index (χ1v) is 7.86. The zero-order valence-corrected chi connectivity index (χ0v) is 11.7. The van der Waals surface area contributed by atoms with Crippen molar-refractivity contribution in [2.45, 2.75) is 30.4 Å². The summed E-state index contributed by atoms with van der Waals surface area (Å²) in [6, 6.07) is 3.37. The van der Waals surface area contributed by atoms with Crippen LogP contribution in [0.2, 0.25) is 0 Å². The van der Waals surface area contributed by atoms with Crippen LogP contribution in [0, 0.1) is 0 Å². The molecule has 0 saturated carbocycles. The molecular weight excluding hydrogens is 266 g/mol. The number of sulfonamides is 1. The van der Waals surface area contributed by atoms with Gasteiger partial charge in [-0.2, -0.15) is 0 Å². The van der Waals surface area contributed by atoms with Crippen molar-refractivity contribution < 1.29 is 13.2 Å². The van der Waals surface area contributed by atoms with Gasteiger partial charge in [-0.3, -0.25) is 0 Å². The average Bonchev–Trinajstić information content (AvgIpc) is 2.46. The fourth-order valence-electron chi connectivity index (χ4n) is 2.03. The molecule has 1 atom stereocenters. The molecule has 1 aromatic rings. The van der Waals surface area contributed by atoms with E-state index in [0.29, 0.717) is 18.8 Å². The predicted molar refractivity (Wildman–Crippen MR) is 72.6 cm³/mol. The van der Waals surface area contributed by atoms with Crippen LogP contribution in [0.5, 0.6) is 0 Å². The highest BCUT2D eigenvalue weighted by Crippen LogP contribution is 2.18. The highest BCUT2D eigenvalue weighted by atomic mass is 32.2. The molecule has 0 bridgehead atoms. The van der Waals surface area contributed by atoms with Gasteiger partial charge in [-0.15, -0.1) is 0 Å². The maximum atomic E-state index is 12.2. The Balaban J connectivity index is 2.05. The van der Waals surface area contributed by atoms with Crippen molar-refractivity contribution in [1.82, 2.24) is 9.71 Å². The average molecular weight is 285 g/mol. The van der Waals surface area contributed by atoms with Crippen LogP contribution in [-0.2, 0) is 14.8 Å². The lowest BCUT2D eigenvalue weighted by Crippen LogP contribution is -2.36. The zero-order valence-electron chi connectivity index (χ0n) is 10.9. The molecule has 0 amide bonds. The minimum absolute atomic E-state index is 0.0216. The summed E-state index contributed by atoms with van der Waals surface area (Å²) in [7, 11) is -1.94. The standard InChI is InChI=1S/C12H19N3O3S/c1-13-11-6-4-7-14-12(11)19(16,17)15-9-10-5-2-3-8-18-10/h4,6-7,10,13,15H,2-3,5,8-9H2,1H3. The summed E-state index contributed by atoms with van der Waals surface area (Å²) in [5.41, 5.74) is 0.486. The van der Waals surface area contributed by atoms with Gasteiger partial charge in [0, 0.05) is 26.4 Å². The van der Waals surface area contributed by atoms with Gasteiger partial charge in [-0.25, -0.2) is 18.1 Å². The summed E-state index contributed by atoms with van der Waals surface area (Å²) in [6.07, 6.45) is 4.45. The lowest BCUT2D eigenvalue weighted by molar-refractivity contribution is 0.0200. The SMILES string of the molecule is CNc1cccnc1S(=O)(=O)NCC1CCCCO1. The van der Waals surface area contributed by atoms with Gasteiger partial charge in [0.25, 0.3) is 10.0 Å². The lowest BCUT2D eigenvalue weighted by atomic mass is 10.1. The molecule has 0 aromatic carbocycles. The van der Waals surface area contributed by atoms with Gasteiger partial charge < -0.3 is 10.1 Å². The lowest BCUT2D eigenvalue weighted by Gasteiger charge is -2.22. The number of rotatable bonds is 5. The van der Waals surface area contributed by atoms with E-state index in [1.54, 1.807) is 19.2 Å². The summed E-state index contributed by atoms with van der Waals surface area (Å²) < 4.78 is 32.4. The molecule has 1 aliphatic rings. The van der Waals surface area contributed by atoms with E-state index in [1.165, 1.54) is 6.20 Å². The summed E-state index contributed by atoms with van der Waals surface area (Å²) in [4.78, 5) is 3.93. The quantitative estimate of drug-likeness (QED) is 0.842. The third-order valence-corrected chi connectivity index (χ3v) is 4.45. The third kappa shape index (κ3) is 3.65. The largest absolute Gasteiger partial charge is 0.386 e. The monoisotopic (exact) mass is 285 g/mol. The van der Waals surface area contributed by atoms with Crippen LogP contribution < -0.4 is 10.0 Å². The number of ether oxygens (including phenoxy) is 1. The zero-order chi connectivity index (χ0) is 13.7. The summed E-state index contributed by atoms with van der Waals surface area (Å²) >= 11 is 0. The van der Waals surface area contributed by atoms with E-state index in [0.717, 1.165) is 19.3 Å². The second kappa shape index (κ2) is 6.31. The molecule has 1 aliphatic heterocycles. The van der Waals surface area contributed by atoms with Crippen LogP contribution in [0.1, 0.15) is 19.3 Å². The Morgan fingerprint density at radius 3 is 3.00 bits per heavy atom. The Bertz CT molecular complexity index is 513. The van der Waals surface area contributed by atoms with Gasteiger partial charge in [0.1, 0.15) is 0 Å². The molecule has 106 valence electrons. The van der Waals surface area contributed by atoms with Crippen molar-refractivity contribution in [2.24, 2.45) is 0 Å². The van der Waals surface area contributed by atoms with E-state index < -0.39 is 10.0 Å². The molecule has 2 rings (SSSR count). The maximum Gasteiger partial charge on any atom is 0.260 e. The molecule has 0 aliphatic carbocycles. The van der Waals surface area contributed by atoms with Crippen molar-refractivity contribution in [3.63, 3.8) is 0 Å². The Kier molecular flexibility index (Phi) is 4.73. The molecule has 7 heteroatoms. The number of hydrogen-bond acceptors (Lipinski definition) is 5. The normalized spacial score (nSPS) is 20.2. The van der Waals surface area contributed by atoms with Crippen molar-refractivity contribution in [3.8, 4) is 0 Å². The van der Waals surface area contributed by atoms with Crippen LogP contribution >= 0.6 is 0 Å². The Labute approximate surface area is 113 Å². The molecule has 1 unspecified atom stereocenters. The second-order valence-corrected chi connectivity index (χ2v) is 6.13. The highest BCUT2D eigenvalue weighted by molar-refractivity contribution is 7.89. The van der Waals surface area contributed by atoms with Crippen LogP contribution in [0.15, 0.2) is 23.4 Å². The van der Waals surface area contributed by atoms with Gasteiger partial charge >= 0.3 is 0 Å². The number of nitrogens with zero attached hydrogens (tertiary/aromatic N) is 1. The van der Waals surface area contributed by atoms with Crippen LogP contribution in [0.4, 0.5) is 5.69 Å². The molecule has 1 aromatic heterocycles. The summed E-state index contributed by atoms with van der Waals surface area (Å²) in [5, 5.41) is 2.85. The van der Waals surface area contributed by atoms with E-state index in [9.17, 15) is 8.42 Å². The van der Waals surface area contributed by atoms with E-state index in [2.05, 4.69) is 15.0 Å². The third-order valence-electron chi connectivity index (χ3n) is 3.07. The topological polar surface area (TPSA) is 80.3 Å². The van der Waals surface area contributed by atoms with E-state index in [4.69, 9.17) is 4.74 Å². The van der Waals surface area contributed by atoms with E-state index in [-0.39, 0.29) is 11.1 Å². The first-order valence-electron chi connectivity index (χ1n) is 6.37. The van der Waals surface area contributed by atoms with Gasteiger partial charge in [-0.05, 0) is 31.4 Å². The number of nitrogens with one attached hydrogen (secondary N) is 2. The van der Waals surface area contributed by atoms with Gasteiger partial charge in [-0.1, -0.05) is 0 Å². The first-order chi connectivity index (χ1) is 9.13. The van der Waals surface area contributed by atoms with Crippen LogP contribution in [0.3, 0.4) is 0 Å². The molecule has 0 spiro atoms. The second-order valence-electron chi connectivity index (χ2n) is 4.45. The minimum Gasteiger partial charge on any atom is -0.386 e. The predicted octanol–water partition coefficient (Wildman–Crippen LogP) is 0.971. The van der Waals surface area contributed by atoms with Crippen molar-refractivity contribution in [3.05, 3.63) is 18.3 Å². The molecule has 2 heterocycles. The summed E-state index contributed by atoms with van der Waals surface area (Å²) in [5.74, 6) is 0. The molecule has 1 fully saturated rings. The Morgan fingerprint density at radius 2 is 2.32 bits per heavy atom. The fraction of sp³-hybridized carbons (Fsp3) is 0.583. The molecule has 2 N–H and O–H groups in total. The molecule has 19 heavy (non-hydrogen) atoms. The molecular formula is C12H19N3O3S. The number of aromatic nitrogens is 1. The minimum atomic E-state index is -3.61. The number of anilines is 1. The van der Waals surface area contributed by atoms with Gasteiger partial charge in [0.2, 0.25) is 0 Å². The van der Waals surface area contributed by atoms with E-state index in [1.807, 2.05) is 0 Å². The van der Waals surface area contributed by atoms with Gasteiger partial charge in [0.15, 0.2) is 5.03 Å². The van der Waals surface area contributed by atoms with Gasteiger partial charge in [0.05, 0.1) is 11.8 Å². The maximum absolute atomic E-state index is 12.2. The van der Waals surface area contributed by atoms with Crippen LogP contribution in [0.25, 0.3) is 0 Å². The van der Waals surface area contributed by atoms with Crippen molar-refractivity contribution in [1.29, 1.82) is 0 Å². The van der Waals surface area contributed by atoms with Crippen molar-refractivity contribution >= 4 is 15.7 Å².